The Hall–Kier alpha value is -2.39. The van der Waals surface area contributed by atoms with E-state index < -0.39 is 5.54 Å². The molecule has 0 radical (unpaired) electrons. The largest absolute Gasteiger partial charge is 0.337 e. The van der Waals surface area contributed by atoms with E-state index in [1.165, 1.54) is 11.3 Å². The van der Waals surface area contributed by atoms with E-state index in [0.717, 1.165) is 15.0 Å². The lowest BCUT2D eigenvalue weighted by molar-refractivity contribution is -0.120. The van der Waals surface area contributed by atoms with Gasteiger partial charge in [0.2, 0.25) is 5.91 Å². The van der Waals surface area contributed by atoms with Gasteiger partial charge in [0.25, 0.3) is 5.91 Å². The van der Waals surface area contributed by atoms with Crippen molar-refractivity contribution in [3.8, 4) is 0 Å². The van der Waals surface area contributed by atoms with Crippen LogP contribution in [0.5, 0.6) is 0 Å². The predicted molar refractivity (Wildman–Crippen MR) is 123 cm³/mol. The van der Waals surface area contributed by atoms with E-state index in [2.05, 4.69) is 31.9 Å². The summed E-state index contributed by atoms with van der Waals surface area (Å²) < 4.78 is 0.848. The first-order valence-electron chi connectivity index (χ1n) is 9.49. The van der Waals surface area contributed by atoms with Crippen molar-refractivity contribution in [2.75, 3.05) is 16.8 Å². The van der Waals surface area contributed by atoms with E-state index in [-0.39, 0.29) is 23.4 Å². The second-order valence-corrected chi connectivity index (χ2v) is 10.9. The number of urea groups is 1. The first-order valence-corrected chi connectivity index (χ1v) is 11.1. The van der Waals surface area contributed by atoms with Crippen LogP contribution in [0.15, 0.2) is 34.1 Å². The van der Waals surface area contributed by atoms with E-state index in [1.54, 1.807) is 36.9 Å². The number of anilines is 2. The average Bonchev–Trinajstić information content (AvgIpc) is 3.18. The van der Waals surface area contributed by atoms with Gasteiger partial charge in [0.1, 0.15) is 5.54 Å². The van der Waals surface area contributed by atoms with Gasteiger partial charge in [-0.3, -0.25) is 14.5 Å². The SMILES string of the molecule is Cc1cc(NC(=O)C(C)(C)NC(=O)c2ccc(Br)s2)ccc1N1C(=O)NCC1(C)C. The average molecular weight is 493 g/mol. The standard InChI is InChI=1S/C21H25BrN4O3S/c1-12-10-13(6-7-14(12)26-19(29)23-11-20(26,2)3)24-18(28)21(4,5)25-17(27)15-8-9-16(22)30-15/h6-10H,11H2,1-5H3,(H,23,29)(H,24,28)(H,25,27). The van der Waals surface area contributed by atoms with E-state index in [9.17, 15) is 14.4 Å². The number of hydrogen-bond acceptors (Lipinski definition) is 4. The molecule has 1 saturated heterocycles. The molecule has 0 unspecified atom stereocenters. The Morgan fingerprint density at radius 1 is 1.23 bits per heavy atom. The molecule has 0 saturated carbocycles. The van der Waals surface area contributed by atoms with Crippen molar-refractivity contribution in [2.24, 2.45) is 0 Å². The Bertz CT molecular complexity index is 1020. The van der Waals surface area contributed by atoms with Crippen LogP contribution in [0.1, 0.15) is 42.9 Å². The molecule has 9 heteroatoms. The van der Waals surface area contributed by atoms with Crippen LogP contribution in [0.4, 0.5) is 16.2 Å². The highest BCUT2D eigenvalue weighted by atomic mass is 79.9. The van der Waals surface area contributed by atoms with Gasteiger partial charge in [0, 0.05) is 17.9 Å². The van der Waals surface area contributed by atoms with Crippen LogP contribution < -0.4 is 20.9 Å². The molecule has 1 aromatic carbocycles. The maximum absolute atomic E-state index is 12.8. The number of thiophene rings is 1. The summed E-state index contributed by atoms with van der Waals surface area (Å²) in [6.45, 7) is 9.77. The first-order chi connectivity index (χ1) is 13.9. The molecule has 1 aromatic heterocycles. The lowest BCUT2D eigenvalue weighted by Crippen LogP contribution is -2.52. The molecule has 0 atom stereocenters. The third-order valence-electron chi connectivity index (χ3n) is 4.97. The van der Waals surface area contributed by atoms with Gasteiger partial charge in [-0.2, -0.15) is 0 Å². The smallest absolute Gasteiger partial charge is 0.322 e. The van der Waals surface area contributed by atoms with Crippen LogP contribution in [0.25, 0.3) is 0 Å². The molecule has 3 N–H and O–H groups in total. The van der Waals surface area contributed by atoms with E-state index in [1.807, 2.05) is 32.9 Å². The fraction of sp³-hybridized carbons (Fsp3) is 0.381. The number of amides is 4. The van der Waals surface area contributed by atoms with Gasteiger partial charge in [-0.25, -0.2) is 4.79 Å². The number of carbonyl (C=O) groups is 3. The summed E-state index contributed by atoms with van der Waals surface area (Å²) >= 11 is 4.64. The molecule has 0 spiro atoms. The van der Waals surface area contributed by atoms with Gasteiger partial charge in [-0.15, -0.1) is 11.3 Å². The van der Waals surface area contributed by atoms with Crippen LogP contribution in [0, 0.1) is 6.92 Å². The molecule has 2 aromatic rings. The number of halogens is 1. The monoisotopic (exact) mass is 492 g/mol. The number of benzene rings is 1. The maximum atomic E-state index is 12.8. The summed E-state index contributed by atoms with van der Waals surface area (Å²) in [4.78, 5) is 39.7. The van der Waals surface area contributed by atoms with Crippen molar-refractivity contribution >= 4 is 56.5 Å². The molecule has 1 aliphatic heterocycles. The third kappa shape index (κ3) is 4.52. The first kappa shape index (κ1) is 22.3. The minimum atomic E-state index is -1.11. The number of hydrogen-bond donors (Lipinski definition) is 3. The zero-order chi connectivity index (χ0) is 22.3. The maximum Gasteiger partial charge on any atom is 0.322 e. The molecular formula is C21H25BrN4O3S. The third-order valence-corrected chi connectivity index (χ3v) is 6.59. The zero-order valence-electron chi connectivity index (χ0n) is 17.6. The van der Waals surface area contributed by atoms with Gasteiger partial charge >= 0.3 is 6.03 Å². The van der Waals surface area contributed by atoms with E-state index in [4.69, 9.17) is 0 Å². The molecule has 1 fully saturated rings. The summed E-state index contributed by atoms with van der Waals surface area (Å²) in [7, 11) is 0. The number of nitrogens with zero attached hydrogens (tertiary/aromatic N) is 1. The molecule has 0 aliphatic carbocycles. The Morgan fingerprint density at radius 3 is 2.47 bits per heavy atom. The van der Waals surface area contributed by atoms with E-state index in [0.29, 0.717) is 17.1 Å². The number of carbonyl (C=O) groups excluding carboxylic acids is 3. The molecule has 7 nitrogen and oxygen atoms in total. The van der Waals surface area contributed by atoms with Crippen LogP contribution >= 0.6 is 27.3 Å². The fourth-order valence-corrected chi connectivity index (χ4v) is 4.55. The van der Waals surface area contributed by atoms with Crippen molar-refractivity contribution in [3.05, 3.63) is 44.6 Å². The Balaban J connectivity index is 1.72. The number of aryl methyl sites for hydroxylation is 1. The van der Waals surface area contributed by atoms with Crippen LogP contribution in [-0.2, 0) is 4.79 Å². The van der Waals surface area contributed by atoms with Crippen molar-refractivity contribution in [1.82, 2.24) is 10.6 Å². The highest BCUT2D eigenvalue weighted by molar-refractivity contribution is 9.11. The molecular weight excluding hydrogens is 468 g/mol. The number of nitrogens with one attached hydrogen (secondary N) is 3. The van der Waals surface area contributed by atoms with Crippen LogP contribution in [0.3, 0.4) is 0 Å². The van der Waals surface area contributed by atoms with Gasteiger partial charge in [-0.1, -0.05) is 0 Å². The highest BCUT2D eigenvalue weighted by Crippen LogP contribution is 2.32. The molecule has 4 amide bonds. The van der Waals surface area contributed by atoms with Gasteiger partial charge in [-0.05, 0) is 86.4 Å². The second kappa shape index (κ2) is 8.03. The quantitative estimate of drug-likeness (QED) is 0.581. The normalized spacial score (nSPS) is 15.7. The van der Waals surface area contributed by atoms with Gasteiger partial charge in [0.05, 0.1) is 14.2 Å². The van der Waals surface area contributed by atoms with E-state index >= 15 is 0 Å². The second-order valence-electron chi connectivity index (χ2n) is 8.44. The summed E-state index contributed by atoms with van der Waals surface area (Å²) in [5.74, 6) is -0.641. The summed E-state index contributed by atoms with van der Waals surface area (Å²) in [5, 5.41) is 8.49. The predicted octanol–water partition coefficient (Wildman–Crippen LogP) is 4.27. The highest BCUT2D eigenvalue weighted by Gasteiger charge is 2.39. The molecule has 0 bridgehead atoms. The zero-order valence-corrected chi connectivity index (χ0v) is 20.0. The Labute approximate surface area is 188 Å². The van der Waals surface area contributed by atoms with Gasteiger partial charge in [0.15, 0.2) is 0 Å². The summed E-state index contributed by atoms with van der Waals surface area (Å²) in [6, 6.07) is 8.77. The molecule has 160 valence electrons. The topological polar surface area (TPSA) is 90.5 Å². The molecule has 2 heterocycles. The lowest BCUT2D eigenvalue weighted by Gasteiger charge is -2.31. The van der Waals surface area contributed by atoms with Crippen molar-refractivity contribution in [2.45, 2.75) is 45.7 Å². The summed E-state index contributed by atoms with van der Waals surface area (Å²) in [6.07, 6.45) is 0. The molecule has 30 heavy (non-hydrogen) atoms. The van der Waals surface area contributed by atoms with Crippen molar-refractivity contribution in [3.63, 3.8) is 0 Å². The summed E-state index contributed by atoms with van der Waals surface area (Å²) in [5.41, 5.74) is 0.805. The Morgan fingerprint density at radius 2 is 1.93 bits per heavy atom. The molecule has 3 rings (SSSR count). The van der Waals surface area contributed by atoms with Crippen LogP contribution in [0.2, 0.25) is 0 Å². The van der Waals surface area contributed by atoms with Crippen molar-refractivity contribution in [1.29, 1.82) is 0 Å². The fourth-order valence-electron chi connectivity index (χ4n) is 3.27. The van der Waals surface area contributed by atoms with Crippen molar-refractivity contribution < 1.29 is 14.4 Å². The minimum absolute atomic E-state index is 0.135. The lowest BCUT2D eigenvalue weighted by atomic mass is 10.0. The number of rotatable bonds is 5. The van der Waals surface area contributed by atoms with Crippen LogP contribution in [-0.4, -0.2) is 35.5 Å². The molecule has 1 aliphatic rings. The Kier molecular flexibility index (Phi) is 5.97. The van der Waals surface area contributed by atoms with Gasteiger partial charge < -0.3 is 16.0 Å². The minimum Gasteiger partial charge on any atom is -0.337 e.